The number of phenols is 1. The number of phenolic OH excluding ortho intramolecular Hbond substituents is 1. The Balaban J connectivity index is 2.05. The fourth-order valence-corrected chi connectivity index (χ4v) is 2.65. The number of carbonyl (C=O) groups is 1. The van der Waals surface area contributed by atoms with E-state index in [0.717, 1.165) is 5.56 Å². The van der Waals surface area contributed by atoms with Crippen LogP contribution in [0.1, 0.15) is 15.9 Å². The molecular formula is C16H11Cl2NO3. The molecule has 1 aliphatic rings. The highest BCUT2D eigenvalue weighted by molar-refractivity contribution is 6.37. The van der Waals surface area contributed by atoms with E-state index in [1.165, 1.54) is 29.5 Å². The fourth-order valence-electron chi connectivity index (χ4n) is 2.17. The molecule has 2 aromatic carbocycles. The largest absolute Gasteiger partial charge is 0.505 e. The Kier molecular flexibility index (Phi) is 3.72. The quantitative estimate of drug-likeness (QED) is 0.833. The topological polar surface area (TPSA) is 49.8 Å². The number of fused-ring (bicyclic) bond motifs is 1. The average Bonchev–Trinajstić information content (AvgIpc) is 2.50. The average molecular weight is 336 g/mol. The second kappa shape index (κ2) is 5.55. The smallest absolute Gasteiger partial charge is 0.262 e. The van der Waals surface area contributed by atoms with Gasteiger partial charge in [-0.1, -0.05) is 29.3 Å². The molecule has 0 fully saturated rings. The third kappa shape index (κ3) is 2.51. The van der Waals surface area contributed by atoms with Gasteiger partial charge in [-0.05, 0) is 36.8 Å². The molecule has 3 rings (SSSR count). The highest BCUT2D eigenvalue weighted by Crippen LogP contribution is 2.36. The zero-order valence-corrected chi connectivity index (χ0v) is 13.0. The lowest BCUT2D eigenvalue weighted by molar-refractivity contribution is 0.0995. The lowest BCUT2D eigenvalue weighted by atomic mass is 10.1. The molecule has 112 valence electrons. The van der Waals surface area contributed by atoms with Crippen molar-refractivity contribution >= 4 is 34.8 Å². The van der Waals surface area contributed by atoms with Crippen molar-refractivity contribution < 1.29 is 14.6 Å². The van der Waals surface area contributed by atoms with Gasteiger partial charge in [-0.3, -0.25) is 9.69 Å². The summed E-state index contributed by atoms with van der Waals surface area (Å²) >= 11 is 11.8. The van der Waals surface area contributed by atoms with Crippen molar-refractivity contribution in [2.45, 2.75) is 6.92 Å². The molecule has 0 spiro atoms. The van der Waals surface area contributed by atoms with Gasteiger partial charge in [-0.2, -0.15) is 0 Å². The maximum Gasteiger partial charge on any atom is 0.262 e. The minimum atomic E-state index is -0.324. The summed E-state index contributed by atoms with van der Waals surface area (Å²) in [5.41, 5.74) is 1.90. The number of ether oxygens (including phenoxy) is 1. The van der Waals surface area contributed by atoms with E-state index in [4.69, 9.17) is 27.9 Å². The molecule has 1 aliphatic heterocycles. The Morgan fingerprint density at radius 1 is 1.18 bits per heavy atom. The van der Waals surface area contributed by atoms with Crippen LogP contribution in [0.25, 0.3) is 0 Å². The number of nitrogens with zero attached hydrogens (tertiary/aromatic N) is 1. The molecule has 6 heteroatoms. The summed E-state index contributed by atoms with van der Waals surface area (Å²) in [4.78, 5) is 14.2. The second-order valence-corrected chi connectivity index (χ2v) is 5.65. The summed E-state index contributed by atoms with van der Waals surface area (Å²) in [5.74, 6) is 0.0151. The monoisotopic (exact) mass is 335 g/mol. The molecule has 1 heterocycles. The van der Waals surface area contributed by atoms with Crippen LogP contribution in [0.4, 0.5) is 5.69 Å². The third-order valence-corrected chi connectivity index (χ3v) is 3.84. The van der Waals surface area contributed by atoms with E-state index < -0.39 is 0 Å². The van der Waals surface area contributed by atoms with Gasteiger partial charge in [-0.15, -0.1) is 0 Å². The van der Waals surface area contributed by atoms with Crippen LogP contribution in [0.2, 0.25) is 10.0 Å². The molecule has 0 aliphatic carbocycles. The lowest BCUT2D eigenvalue weighted by Crippen LogP contribution is -2.27. The van der Waals surface area contributed by atoms with Gasteiger partial charge in [0, 0.05) is 11.8 Å². The summed E-state index contributed by atoms with van der Waals surface area (Å²) in [7, 11) is 0. The third-order valence-electron chi connectivity index (χ3n) is 3.26. The van der Waals surface area contributed by atoms with Crippen molar-refractivity contribution in [1.82, 2.24) is 0 Å². The van der Waals surface area contributed by atoms with Crippen molar-refractivity contribution in [2.75, 3.05) is 4.90 Å². The maximum absolute atomic E-state index is 12.7. The molecule has 0 aromatic heterocycles. The van der Waals surface area contributed by atoms with Gasteiger partial charge in [0.05, 0.1) is 15.7 Å². The zero-order valence-electron chi connectivity index (χ0n) is 11.5. The summed E-state index contributed by atoms with van der Waals surface area (Å²) in [6.45, 7) is 1.93. The SMILES string of the molecule is Cc1ccc2c(c1)N(C(=O)c1cc(Cl)c(O)c(Cl)c1)C=CO2. The Hall–Kier alpha value is -2.17. The van der Waals surface area contributed by atoms with E-state index >= 15 is 0 Å². The normalized spacial score (nSPS) is 12.8. The highest BCUT2D eigenvalue weighted by atomic mass is 35.5. The van der Waals surface area contributed by atoms with E-state index in [0.29, 0.717) is 11.4 Å². The molecule has 0 saturated heterocycles. The van der Waals surface area contributed by atoms with Gasteiger partial charge in [0.1, 0.15) is 6.26 Å². The molecule has 0 bridgehead atoms. The van der Waals surface area contributed by atoms with E-state index in [2.05, 4.69) is 0 Å². The second-order valence-electron chi connectivity index (χ2n) is 4.84. The van der Waals surface area contributed by atoms with Crippen LogP contribution in [-0.2, 0) is 0 Å². The van der Waals surface area contributed by atoms with E-state index in [1.807, 2.05) is 19.1 Å². The first-order valence-corrected chi connectivity index (χ1v) is 7.18. The van der Waals surface area contributed by atoms with E-state index in [-0.39, 0.29) is 27.3 Å². The number of anilines is 1. The van der Waals surface area contributed by atoms with Crippen LogP contribution in [0.5, 0.6) is 11.5 Å². The minimum Gasteiger partial charge on any atom is -0.505 e. The Morgan fingerprint density at radius 2 is 1.86 bits per heavy atom. The number of hydrogen-bond acceptors (Lipinski definition) is 3. The van der Waals surface area contributed by atoms with E-state index in [9.17, 15) is 9.90 Å². The first-order valence-electron chi connectivity index (χ1n) is 6.43. The summed E-state index contributed by atoms with van der Waals surface area (Å²) in [6, 6.07) is 8.30. The molecule has 1 N–H and O–H groups in total. The molecule has 2 aromatic rings. The predicted molar refractivity (Wildman–Crippen MR) is 85.9 cm³/mol. The van der Waals surface area contributed by atoms with Gasteiger partial charge >= 0.3 is 0 Å². The number of aryl methyl sites for hydroxylation is 1. The summed E-state index contributed by atoms with van der Waals surface area (Å²) in [6.07, 6.45) is 2.96. The fraction of sp³-hybridized carbons (Fsp3) is 0.0625. The van der Waals surface area contributed by atoms with Crippen molar-refractivity contribution in [1.29, 1.82) is 0 Å². The van der Waals surface area contributed by atoms with Gasteiger partial charge in [-0.25, -0.2) is 0 Å². The van der Waals surface area contributed by atoms with Gasteiger partial charge in [0.25, 0.3) is 5.91 Å². The molecule has 0 radical (unpaired) electrons. The highest BCUT2D eigenvalue weighted by Gasteiger charge is 2.23. The molecular weight excluding hydrogens is 325 g/mol. The van der Waals surface area contributed by atoms with Crippen LogP contribution >= 0.6 is 23.2 Å². The Bertz CT molecular complexity index is 779. The lowest BCUT2D eigenvalue weighted by Gasteiger charge is -2.25. The van der Waals surface area contributed by atoms with Crippen LogP contribution in [-0.4, -0.2) is 11.0 Å². The number of hydrogen-bond donors (Lipinski definition) is 1. The standard InChI is InChI=1S/C16H11Cl2NO3/c1-9-2-3-14-13(6-9)19(4-5-22-14)16(21)10-7-11(17)15(20)12(18)8-10/h2-8,20H,1H3. The van der Waals surface area contributed by atoms with Crippen molar-refractivity contribution in [3.8, 4) is 11.5 Å². The van der Waals surface area contributed by atoms with Crippen LogP contribution in [0, 0.1) is 6.92 Å². The molecule has 0 atom stereocenters. The minimum absolute atomic E-state index is 0.0255. The summed E-state index contributed by atoms with van der Waals surface area (Å²) in [5, 5.41) is 9.65. The molecule has 1 amide bonds. The van der Waals surface area contributed by atoms with Crippen molar-refractivity contribution in [3.63, 3.8) is 0 Å². The predicted octanol–water partition coefficient (Wildman–Crippen LogP) is 4.52. The molecule has 4 nitrogen and oxygen atoms in total. The van der Waals surface area contributed by atoms with Crippen LogP contribution in [0.3, 0.4) is 0 Å². The summed E-state index contributed by atoms with van der Waals surface area (Å²) < 4.78 is 5.39. The van der Waals surface area contributed by atoms with Gasteiger partial charge in [0.2, 0.25) is 0 Å². The maximum atomic E-state index is 12.7. The Morgan fingerprint density at radius 3 is 2.55 bits per heavy atom. The van der Waals surface area contributed by atoms with Crippen molar-refractivity contribution in [2.24, 2.45) is 0 Å². The number of halogens is 2. The number of aromatic hydroxyl groups is 1. The van der Waals surface area contributed by atoms with E-state index in [1.54, 1.807) is 6.07 Å². The number of benzene rings is 2. The van der Waals surface area contributed by atoms with Crippen LogP contribution < -0.4 is 9.64 Å². The Labute approximate surface area is 137 Å². The van der Waals surface area contributed by atoms with Gasteiger partial charge in [0.15, 0.2) is 11.5 Å². The first-order chi connectivity index (χ1) is 10.5. The van der Waals surface area contributed by atoms with Gasteiger partial charge < -0.3 is 9.84 Å². The first kappa shape index (κ1) is 14.8. The number of carbonyl (C=O) groups excluding carboxylic acids is 1. The van der Waals surface area contributed by atoms with Crippen molar-refractivity contribution in [3.05, 3.63) is 64.0 Å². The van der Waals surface area contributed by atoms with Crippen LogP contribution in [0.15, 0.2) is 42.8 Å². The number of amides is 1. The molecule has 22 heavy (non-hydrogen) atoms. The number of rotatable bonds is 1. The zero-order chi connectivity index (χ0) is 15.9. The molecule has 0 unspecified atom stereocenters. The molecule has 0 saturated carbocycles.